The molecule has 3 rings (SSSR count). The Balaban J connectivity index is 2.01. The number of hydrogen-bond donors (Lipinski definition) is 1. The normalized spacial score (nSPS) is 27.9. The van der Waals surface area contributed by atoms with Crippen LogP contribution in [0, 0.1) is 0 Å². The van der Waals surface area contributed by atoms with Gasteiger partial charge < -0.3 is 5.11 Å². The van der Waals surface area contributed by atoms with E-state index in [0.717, 1.165) is 0 Å². The summed E-state index contributed by atoms with van der Waals surface area (Å²) in [6, 6.07) is 6.46. The number of amides is 2. The lowest BCUT2D eigenvalue weighted by molar-refractivity contribution is -0.00624. The van der Waals surface area contributed by atoms with E-state index in [4.69, 9.17) is 0 Å². The summed E-state index contributed by atoms with van der Waals surface area (Å²) in [5.74, 6) is -0.547. The van der Waals surface area contributed by atoms with E-state index < -0.39 is 6.10 Å². The fourth-order valence-electron chi connectivity index (χ4n) is 2.28. The molecule has 0 saturated heterocycles. The maximum Gasteiger partial charge on any atom is 0.261 e. The third-order valence-corrected chi connectivity index (χ3v) is 3.36. The number of carbonyl (C=O) groups excluding carboxylic acids is 2. The summed E-state index contributed by atoms with van der Waals surface area (Å²) in [7, 11) is 0. The lowest BCUT2D eigenvalue weighted by atomic mass is 9.88. The number of aliphatic hydroxyl groups excluding tert-OH is 1. The molecule has 1 N–H and O–H groups in total. The van der Waals surface area contributed by atoms with Crippen LogP contribution >= 0.6 is 0 Å². The van der Waals surface area contributed by atoms with Crippen LogP contribution in [-0.2, 0) is 0 Å². The zero-order valence-electron chi connectivity index (χ0n) is 8.59. The molecule has 4 nitrogen and oxygen atoms in total. The average molecular weight is 217 g/mol. The molecule has 1 unspecified atom stereocenters. The minimum absolute atomic E-state index is 0.274. The highest BCUT2D eigenvalue weighted by atomic mass is 16.3. The van der Waals surface area contributed by atoms with Gasteiger partial charge in [-0.05, 0) is 25.0 Å². The summed E-state index contributed by atoms with van der Waals surface area (Å²) in [6.45, 7) is 0. The maximum absolute atomic E-state index is 12.0. The Morgan fingerprint density at radius 2 is 1.62 bits per heavy atom. The molecule has 1 heterocycles. The molecule has 1 saturated carbocycles. The second kappa shape index (κ2) is 3.15. The topological polar surface area (TPSA) is 57.6 Å². The van der Waals surface area contributed by atoms with Crippen LogP contribution in [0.2, 0.25) is 0 Å². The molecule has 1 aliphatic carbocycles. The van der Waals surface area contributed by atoms with Gasteiger partial charge in [0.1, 0.15) is 0 Å². The van der Waals surface area contributed by atoms with E-state index in [1.165, 1.54) is 4.90 Å². The molecule has 82 valence electrons. The first-order valence-corrected chi connectivity index (χ1v) is 5.35. The fraction of sp³-hybridized carbons (Fsp3) is 0.333. The van der Waals surface area contributed by atoms with Crippen molar-refractivity contribution < 1.29 is 14.7 Å². The van der Waals surface area contributed by atoms with Gasteiger partial charge in [0.15, 0.2) is 0 Å². The molecule has 0 radical (unpaired) electrons. The molecular formula is C12H11NO3. The highest BCUT2D eigenvalue weighted by molar-refractivity contribution is 6.21. The Kier molecular flexibility index (Phi) is 1.88. The fourth-order valence-corrected chi connectivity index (χ4v) is 2.28. The number of nitrogens with zero attached hydrogens (tertiary/aromatic N) is 1. The zero-order chi connectivity index (χ0) is 11.3. The summed E-state index contributed by atoms with van der Waals surface area (Å²) in [6.07, 6.45) is 0.812. The number of benzene rings is 1. The third kappa shape index (κ3) is 1.08. The molecule has 1 aliphatic heterocycles. The van der Waals surface area contributed by atoms with Gasteiger partial charge in [0.2, 0.25) is 0 Å². The molecule has 0 aromatic heterocycles. The van der Waals surface area contributed by atoms with E-state index in [0.29, 0.717) is 24.0 Å². The Bertz CT molecular complexity index is 448. The van der Waals surface area contributed by atoms with Crippen molar-refractivity contribution in [1.29, 1.82) is 0 Å². The van der Waals surface area contributed by atoms with E-state index in [2.05, 4.69) is 0 Å². The summed E-state index contributed by atoms with van der Waals surface area (Å²) in [5.41, 5.74) is 0.901. The molecule has 0 bridgehead atoms. The second-order valence-electron chi connectivity index (χ2n) is 4.24. The van der Waals surface area contributed by atoms with Gasteiger partial charge in [-0.3, -0.25) is 14.5 Å². The Labute approximate surface area is 92.5 Å². The number of rotatable bonds is 1. The Morgan fingerprint density at radius 1 is 1.06 bits per heavy atom. The summed E-state index contributed by atoms with van der Waals surface area (Å²) < 4.78 is 0. The van der Waals surface area contributed by atoms with Gasteiger partial charge in [-0.25, -0.2) is 0 Å². The molecule has 0 spiro atoms. The second-order valence-corrected chi connectivity index (χ2v) is 4.24. The van der Waals surface area contributed by atoms with Crippen molar-refractivity contribution >= 4 is 11.8 Å². The summed E-state index contributed by atoms with van der Waals surface area (Å²) >= 11 is 0. The molecule has 1 fully saturated rings. The summed E-state index contributed by atoms with van der Waals surface area (Å²) in [4.78, 5) is 25.2. The standard InChI is InChI=1S/C12H11NO3/c14-10-6-5-9(10)13-11(15)7-3-1-2-4-8(7)12(13)16/h1-4,9-10,14H,5-6H2/t9?,10-/m0/s1. The monoisotopic (exact) mass is 217 g/mol. The summed E-state index contributed by atoms with van der Waals surface area (Å²) in [5, 5.41) is 9.54. The van der Waals surface area contributed by atoms with Gasteiger partial charge in [0.25, 0.3) is 11.8 Å². The third-order valence-electron chi connectivity index (χ3n) is 3.36. The van der Waals surface area contributed by atoms with E-state index in [-0.39, 0.29) is 17.9 Å². The number of hydrogen-bond acceptors (Lipinski definition) is 3. The van der Waals surface area contributed by atoms with Crippen molar-refractivity contribution in [1.82, 2.24) is 4.90 Å². The molecule has 2 atom stereocenters. The van der Waals surface area contributed by atoms with Gasteiger partial charge in [0, 0.05) is 0 Å². The molecule has 4 heteroatoms. The predicted octanol–water partition coefficient (Wildman–Crippen LogP) is 0.806. The van der Waals surface area contributed by atoms with E-state index in [9.17, 15) is 14.7 Å². The van der Waals surface area contributed by atoms with Crippen molar-refractivity contribution in [2.75, 3.05) is 0 Å². The average Bonchev–Trinajstić information content (AvgIpc) is 2.54. The van der Waals surface area contributed by atoms with Crippen molar-refractivity contribution in [3.8, 4) is 0 Å². The molecule has 2 aliphatic rings. The lowest BCUT2D eigenvalue weighted by Gasteiger charge is -2.37. The van der Waals surface area contributed by atoms with Crippen LogP contribution in [0.15, 0.2) is 24.3 Å². The smallest absolute Gasteiger partial charge is 0.261 e. The van der Waals surface area contributed by atoms with Gasteiger partial charge in [-0.15, -0.1) is 0 Å². The van der Waals surface area contributed by atoms with Crippen molar-refractivity contribution in [3.63, 3.8) is 0 Å². The number of carbonyl (C=O) groups is 2. The molecule has 16 heavy (non-hydrogen) atoms. The highest BCUT2D eigenvalue weighted by Gasteiger charge is 2.45. The van der Waals surface area contributed by atoms with Crippen molar-refractivity contribution in [3.05, 3.63) is 35.4 Å². The van der Waals surface area contributed by atoms with Crippen LogP contribution in [0.4, 0.5) is 0 Å². The number of imide groups is 1. The van der Waals surface area contributed by atoms with Crippen LogP contribution in [0.25, 0.3) is 0 Å². The molecular weight excluding hydrogens is 206 g/mol. The van der Waals surface area contributed by atoms with Gasteiger partial charge in [-0.1, -0.05) is 12.1 Å². The molecule has 2 amide bonds. The lowest BCUT2D eigenvalue weighted by Crippen LogP contribution is -2.52. The van der Waals surface area contributed by atoms with Crippen molar-refractivity contribution in [2.24, 2.45) is 0 Å². The van der Waals surface area contributed by atoms with Crippen LogP contribution in [0.5, 0.6) is 0 Å². The van der Waals surface area contributed by atoms with Crippen LogP contribution in [0.3, 0.4) is 0 Å². The van der Waals surface area contributed by atoms with Gasteiger partial charge >= 0.3 is 0 Å². The zero-order valence-corrected chi connectivity index (χ0v) is 8.59. The van der Waals surface area contributed by atoms with Crippen molar-refractivity contribution in [2.45, 2.75) is 25.0 Å². The highest BCUT2D eigenvalue weighted by Crippen LogP contribution is 2.32. The minimum Gasteiger partial charge on any atom is -0.391 e. The first-order valence-electron chi connectivity index (χ1n) is 5.35. The first-order chi connectivity index (χ1) is 7.70. The largest absolute Gasteiger partial charge is 0.391 e. The molecule has 1 aromatic carbocycles. The maximum atomic E-state index is 12.0. The van der Waals surface area contributed by atoms with E-state index >= 15 is 0 Å². The Hall–Kier alpha value is -1.68. The minimum atomic E-state index is -0.554. The van der Waals surface area contributed by atoms with Crippen LogP contribution in [-0.4, -0.2) is 34.0 Å². The number of aliphatic hydroxyl groups is 1. The van der Waals surface area contributed by atoms with Crippen LogP contribution in [0.1, 0.15) is 33.6 Å². The van der Waals surface area contributed by atoms with Gasteiger partial charge in [-0.2, -0.15) is 0 Å². The SMILES string of the molecule is O=C1c2ccccc2C(=O)N1C1CC[C@@H]1O. The van der Waals surface area contributed by atoms with E-state index in [1.807, 2.05) is 0 Å². The van der Waals surface area contributed by atoms with Crippen LogP contribution < -0.4 is 0 Å². The quantitative estimate of drug-likeness (QED) is 0.708. The molecule has 1 aromatic rings. The predicted molar refractivity (Wildman–Crippen MR) is 56.0 cm³/mol. The first kappa shape index (κ1) is 9.54. The van der Waals surface area contributed by atoms with E-state index in [1.54, 1.807) is 24.3 Å². The Morgan fingerprint density at radius 3 is 2.00 bits per heavy atom. The van der Waals surface area contributed by atoms with Gasteiger partial charge in [0.05, 0.1) is 23.3 Å². The number of fused-ring (bicyclic) bond motifs is 1.